The zero-order valence-electron chi connectivity index (χ0n) is 16.4. The van der Waals surface area contributed by atoms with E-state index >= 15 is 0 Å². The van der Waals surface area contributed by atoms with Gasteiger partial charge in [-0.15, -0.1) is 0 Å². The first kappa shape index (κ1) is 19.4. The molecule has 1 N–H and O–H groups in total. The molecule has 0 bridgehead atoms. The summed E-state index contributed by atoms with van der Waals surface area (Å²) < 4.78 is 5.39. The number of rotatable bonds is 5. The number of fused-ring (bicyclic) bond motifs is 1. The van der Waals surface area contributed by atoms with Gasteiger partial charge in [-0.25, -0.2) is 4.79 Å². The monoisotopic (exact) mass is 403 g/mol. The molecule has 1 heterocycles. The van der Waals surface area contributed by atoms with Gasteiger partial charge in [0.15, 0.2) is 0 Å². The minimum absolute atomic E-state index is 0.0000160. The van der Waals surface area contributed by atoms with E-state index in [1.54, 1.807) is 0 Å². The number of halogens is 1. The third-order valence-electron chi connectivity index (χ3n) is 5.15. The second-order valence-electron chi connectivity index (χ2n) is 7.32. The van der Waals surface area contributed by atoms with Crippen LogP contribution in [0.1, 0.15) is 33.9 Å². The fraction of sp³-hybridized carbons (Fsp3) is 0.160. The van der Waals surface area contributed by atoms with Crippen LogP contribution in [0.3, 0.4) is 0 Å². The van der Waals surface area contributed by atoms with Crippen LogP contribution in [-0.2, 0) is 6.54 Å². The maximum absolute atomic E-state index is 12.1. The quantitative estimate of drug-likeness (QED) is 0.419. The van der Waals surface area contributed by atoms with E-state index in [4.69, 9.17) is 16.0 Å². The molecule has 0 spiro atoms. The van der Waals surface area contributed by atoms with Gasteiger partial charge in [-0.2, -0.15) is 0 Å². The summed E-state index contributed by atoms with van der Waals surface area (Å²) in [6.45, 7) is 4.49. The molecule has 0 aliphatic rings. The number of hydrogen-bond acceptors (Lipinski definition) is 3. The molecule has 3 aromatic carbocycles. The van der Waals surface area contributed by atoms with Gasteiger partial charge in [0.05, 0.1) is 6.04 Å². The predicted molar refractivity (Wildman–Crippen MR) is 119 cm³/mol. The topological polar surface area (TPSA) is 42.2 Å². The van der Waals surface area contributed by atoms with E-state index in [1.165, 1.54) is 17.2 Å². The molecule has 0 radical (unpaired) electrons. The lowest BCUT2D eigenvalue weighted by Gasteiger charge is -2.21. The van der Waals surface area contributed by atoms with Crippen LogP contribution in [-0.4, -0.2) is 0 Å². The molecule has 0 amide bonds. The van der Waals surface area contributed by atoms with Gasteiger partial charge in [-0.1, -0.05) is 71.8 Å². The molecule has 1 aromatic heterocycles. The standard InChI is InChI=1S/C25H22ClNO2/c1-16-8-10-19(11-9-16)25(18-6-4-3-5-7-18)27-15-20-13-24(28)29-23-12-17(2)22(26)14-21(20)23/h3-14,25,27H,15H2,1-2H3/t25-/m0/s1. The molecular weight excluding hydrogens is 382 g/mol. The molecule has 4 rings (SSSR count). The molecule has 146 valence electrons. The summed E-state index contributed by atoms with van der Waals surface area (Å²) in [4.78, 5) is 12.1. The van der Waals surface area contributed by atoms with Crippen LogP contribution in [0.5, 0.6) is 0 Å². The highest BCUT2D eigenvalue weighted by molar-refractivity contribution is 6.32. The Morgan fingerprint density at radius 3 is 2.34 bits per heavy atom. The van der Waals surface area contributed by atoms with E-state index in [0.29, 0.717) is 17.2 Å². The van der Waals surface area contributed by atoms with Gasteiger partial charge in [-0.05, 0) is 48.2 Å². The van der Waals surface area contributed by atoms with Gasteiger partial charge in [0.1, 0.15) is 5.58 Å². The van der Waals surface area contributed by atoms with Crippen molar-refractivity contribution < 1.29 is 4.42 Å². The third-order valence-corrected chi connectivity index (χ3v) is 5.56. The van der Waals surface area contributed by atoms with Crippen molar-refractivity contribution in [1.82, 2.24) is 5.32 Å². The third kappa shape index (κ3) is 4.26. The van der Waals surface area contributed by atoms with Crippen LogP contribution in [0, 0.1) is 13.8 Å². The zero-order chi connectivity index (χ0) is 20.4. The van der Waals surface area contributed by atoms with Crippen molar-refractivity contribution in [3.8, 4) is 0 Å². The van der Waals surface area contributed by atoms with Gasteiger partial charge in [0, 0.05) is 23.0 Å². The Balaban J connectivity index is 1.72. The summed E-state index contributed by atoms with van der Waals surface area (Å²) in [5.74, 6) is 0. The molecule has 3 nitrogen and oxygen atoms in total. The van der Waals surface area contributed by atoms with E-state index in [9.17, 15) is 4.79 Å². The normalized spacial score (nSPS) is 12.2. The Kier molecular flexibility index (Phi) is 5.52. The lowest BCUT2D eigenvalue weighted by molar-refractivity contribution is 0.552. The molecular formula is C25H22ClNO2. The molecule has 29 heavy (non-hydrogen) atoms. The van der Waals surface area contributed by atoms with Crippen molar-refractivity contribution in [2.24, 2.45) is 0 Å². The zero-order valence-corrected chi connectivity index (χ0v) is 17.2. The maximum atomic E-state index is 12.1. The van der Waals surface area contributed by atoms with Crippen molar-refractivity contribution in [1.29, 1.82) is 0 Å². The molecule has 0 aliphatic carbocycles. The summed E-state index contributed by atoms with van der Waals surface area (Å²) in [5, 5.41) is 5.13. The lowest BCUT2D eigenvalue weighted by atomic mass is 9.97. The minimum atomic E-state index is -0.359. The Morgan fingerprint density at radius 2 is 1.62 bits per heavy atom. The number of nitrogens with one attached hydrogen (secondary N) is 1. The van der Waals surface area contributed by atoms with Crippen LogP contribution >= 0.6 is 11.6 Å². The minimum Gasteiger partial charge on any atom is -0.423 e. The average molecular weight is 404 g/mol. The second kappa shape index (κ2) is 8.24. The van der Waals surface area contributed by atoms with Gasteiger partial charge in [-0.3, -0.25) is 0 Å². The maximum Gasteiger partial charge on any atom is 0.336 e. The molecule has 0 saturated heterocycles. The van der Waals surface area contributed by atoms with E-state index in [0.717, 1.165) is 22.1 Å². The first-order chi connectivity index (χ1) is 14.0. The average Bonchev–Trinajstić information content (AvgIpc) is 2.71. The van der Waals surface area contributed by atoms with E-state index in [-0.39, 0.29) is 11.7 Å². The van der Waals surface area contributed by atoms with E-state index in [1.807, 2.05) is 37.3 Å². The van der Waals surface area contributed by atoms with Gasteiger partial charge in [0.25, 0.3) is 0 Å². The summed E-state index contributed by atoms with van der Waals surface area (Å²) in [7, 11) is 0. The van der Waals surface area contributed by atoms with Crippen LogP contribution in [0.15, 0.2) is 82.0 Å². The fourth-order valence-electron chi connectivity index (χ4n) is 3.54. The molecule has 0 fully saturated rings. The van der Waals surface area contributed by atoms with E-state index < -0.39 is 0 Å². The number of benzene rings is 3. The highest BCUT2D eigenvalue weighted by atomic mass is 35.5. The molecule has 0 aliphatic heterocycles. The Bertz CT molecular complexity index is 1200. The fourth-order valence-corrected chi connectivity index (χ4v) is 3.70. The largest absolute Gasteiger partial charge is 0.423 e. The van der Waals surface area contributed by atoms with Crippen molar-refractivity contribution >= 4 is 22.6 Å². The first-order valence-electron chi connectivity index (χ1n) is 9.59. The van der Waals surface area contributed by atoms with Crippen molar-refractivity contribution in [3.05, 3.63) is 116 Å². The first-order valence-corrected chi connectivity index (χ1v) is 9.97. The van der Waals surface area contributed by atoms with Crippen LogP contribution in [0.25, 0.3) is 11.0 Å². The number of aryl methyl sites for hydroxylation is 2. The molecule has 0 saturated carbocycles. The highest BCUT2D eigenvalue weighted by Crippen LogP contribution is 2.27. The summed E-state index contributed by atoms with van der Waals surface area (Å²) in [6, 6.07) is 24.0. The lowest BCUT2D eigenvalue weighted by Crippen LogP contribution is -2.22. The van der Waals surface area contributed by atoms with Crippen LogP contribution < -0.4 is 10.9 Å². The SMILES string of the molecule is Cc1ccc([C@@H](NCc2cc(=O)oc3cc(C)c(Cl)cc23)c2ccccc2)cc1. The highest BCUT2D eigenvalue weighted by Gasteiger charge is 2.15. The smallest absolute Gasteiger partial charge is 0.336 e. The summed E-state index contributed by atoms with van der Waals surface area (Å²) >= 11 is 6.33. The molecule has 4 aromatic rings. The van der Waals surface area contributed by atoms with Crippen molar-refractivity contribution in [3.63, 3.8) is 0 Å². The molecule has 1 atom stereocenters. The van der Waals surface area contributed by atoms with Gasteiger partial charge >= 0.3 is 5.63 Å². The summed E-state index contributed by atoms with van der Waals surface area (Å²) in [6.07, 6.45) is 0. The van der Waals surface area contributed by atoms with Crippen molar-refractivity contribution in [2.75, 3.05) is 0 Å². The molecule has 4 heteroatoms. The Hall–Kier alpha value is -2.88. The Morgan fingerprint density at radius 1 is 0.931 bits per heavy atom. The summed E-state index contributed by atoms with van der Waals surface area (Å²) in [5.41, 5.74) is 5.50. The van der Waals surface area contributed by atoms with Gasteiger partial charge in [0.2, 0.25) is 0 Å². The number of hydrogen-bond donors (Lipinski definition) is 1. The van der Waals surface area contributed by atoms with Gasteiger partial charge < -0.3 is 9.73 Å². The Labute approximate surface area is 175 Å². The van der Waals surface area contributed by atoms with E-state index in [2.05, 4.69) is 48.6 Å². The predicted octanol–water partition coefficient (Wildman–Crippen LogP) is 5.94. The molecule has 0 unspecified atom stereocenters. The second-order valence-corrected chi connectivity index (χ2v) is 7.73. The van der Waals surface area contributed by atoms with Crippen LogP contribution in [0.4, 0.5) is 0 Å². The van der Waals surface area contributed by atoms with Crippen molar-refractivity contribution in [2.45, 2.75) is 26.4 Å². The van der Waals surface area contributed by atoms with Crippen LogP contribution in [0.2, 0.25) is 5.02 Å².